The Bertz CT molecular complexity index is 1290. The molecule has 0 unspecified atom stereocenters. The van der Waals surface area contributed by atoms with Crippen LogP contribution in [-0.4, -0.2) is 65.6 Å². The number of rotatable bonds is 11. The van der Waals surface area contributed by atoms with E-state index in [1.165, 1.54) is 20.7 Å². The molecule has 11 heteroatoms. The molecule has 1 heterocycles. The van der Waals surface area contributed by atoms with Crippen molar-refractivity contribution in [1.29, 1.82) is 0 Å². The molecule has 0 aliphatic carbocycles. The van der Waals surface area contributed by atoms with E-state index in [1.807, 2.05) is 26.0 Å². The molecule has 204 valence electrons. The molecule has 9 nitrogen and oxygen atoms in total. The highest BCUT2D eigenvalue weighted by atomic mass is 32.2. The van der Waals surface area contributed by atoms with Crippen molar-refractivity contribution < 1.29 is 26.4 Å². The number of piperidine rings is 1. The van der Waals surface area contributed by atoms with Gasteiger partial charge in [0.05, 0.1) is 23.4 Å². The third kappa shape index (κ3) is 7.24. The van der Waals surface area contributed by atoms with Crippen molar-refractivity contribution in [2.45, 2.75) is 57.4 Å². The lowest BCUT2D eigenvalue weighted by molar-refractivity contribution is -0.122. The van der Waals surface area contributed by atoms with Crippen LogP contribution in [0.1, 0.15) is 43.7 Å². The average Bonchev–Trinajstić information content (AvgIpc) is 2.86. The maximum atomic E-state index is 13.0. The van der Waals surface area contributed by atoms with Gasteiger partial charge >= 0.3 is 0 Å². The number of nitrogens with zero attached hydrogens (tertiary/aromatic N) is 2. The van der Waals surface area contributed by atoms with Crippen LogP contribution in [0.3, 0.4) is 0 Å². The van der Waals surface area contributed by atoms with Gasteiger partial charge < -0.3 is 10.1 Å². The molecule has 0 bridgehead atoms. The molecule has 2 aromatic rings. The van der Waals surface area contributed by atoms with E-state index < -0.39 is 32.0 Å². The second kappa shape index (κ2) is 12.3. The fourth-order valence-corrected chi connectivity index (χ4v) is 7.19. The fourth-order valence-electron chi connectivity index (χ4n) is 4.42. The largest absolute Gasteiger partial charge is 0.492 e. The first-order valence-corrected chi connectivity index (χ1v) is 15.8. The molecule has 1 amide bonds. The molecule has 1 aliphatic rings. The molecule has 0 radical (unpaired) electrons. The van der Waals surface area contributed by atoms with Crippen LogP contribution in [0.4, 0.5) is 5.69 Å². The molecule has 0 spiro atoms. The summed E-state index contributed by atoms with van der Waals surface area (Å²) in [5.74, 6) is 0.0624. The van der Waals surface area contributed by atoms with E-state index in [0.29, 0.717) is 30.9 Å². The maximum Gasteiger partial charge on any atom is 0.244 e. The molecule has 1 fully saturated rings. The van der Waals surface area contributed by atoms with Crippen LogP contribution in [0.2, 0.25) is 0 Å². The van der Waals surface area contributed by atoms with E-state index in [9.17, 15) is 21.6 Å². The molecular formula is C26H37N3O6S2. The molecule has 0 saturated carbocycles. The van der Waals surface area contributed by atoms with E-state index in [0.717, 1.165) is 36.6 Å². The average molecular weight is 552 g/mol. The zero-order valence-corrected chi connectivity index (χ0v) is 23.6. The van der Waals surface area contributed by atoms with E-state index >= 15 is 0 Å². The predicted octanol–water partition coefficient (Wildman–Crippen LogP) is 3.22. The molecule has 1 atom stereocenters. The molecule has 1 aliphatic heterocycles. The topological polar surface area (TPSA) is 113 Å². The lowest BCUT2D eigenvalue weighted by Crippen LogP contribution is -2.50. The van der Waals surface area contributed by atoms with Gasteiger partial charge in [-0.25, -0.2) is 16.8 Å². The van der Waals surface area contributed by atoms with Crippen molar-refractivity contribution in [3.05, 3.63) is 53.6 Å². The minimum Gasteiger partial charge on any atom is -0.492 e. The summed E-state index contributed by atoms with van der Waals surface area (Å²) in [5, 5.41) is 2.77. The summed E-state index contributed by atoms with van der Waals surface area (Å²) in [6.07, 6.45) is 4.18. The minimum atomic E-state index is -3.72. The predicted molar refractivity (Wildman–Crippen MR) is 145 cm³/mol. The summed E-state index contributed by atoms with van der Waals surface area (Å²) in [6.45, 7) is 6.84. The third-order valence-corrected chi connectivity index (χ3v) is 9.46. The van der Waals surface area contributed by atoms with Gasteiger partial charge in [-0.05, 0) is 74.6 Å². The van der Waals surface area contributed by atoms with Crippen molar-refractivity contribution >= 4 is 31.6 Å². The Balaban J connectivity index is 1.60. The summed E-state index contributed by atoms with van der Waals surface area (Å²) >= 11 is 0. The van der Waals surface area contributed by atoms with Gasteiger partial charge in [-0.2, -0.15) is 4.31 Å². The molecule has 0 aromatic heterocycles. The van der Waals surface area contributed by atoms with Crippen LogP contribution < -0.4 is 14.4 Å². The number of hydrogen-bond acceptors (Lipinski definition) is 6. The summed E-state index contributed by atoms with van der Waals surface area (Å²) < 4.78 is 59.3. The van der Waals surface area contributed by atoms with E-state index in [-0.39, 0.29) is 18.0 Å². The van der Waals surface area contributed by atoms with Crippen LogP contribution >= 0.6 is 0 Å². The van der Waals surface area contributed by atoms with Gasteiger partial charge in [0.2, 0.25) is 26.0 Å². The normalized spacial score (nSPS) is 15.7. The highest BCUT2D eigenvalue weighted by Crippen LogP contribution is 2.27. The highest BCUT2D eigenvalue weighted by molar-refractivity contribution is 7.92. The SMILES string of the molecule is CC[C@H](C(=O)NCCOc1ccc(S(=O)(=O)N2CCCCC2)cc1)N(c1cc(C)ccc1C)S(C)(=O)=O. The van der Waals surface area contributed by atoms with E-state index in [2.05, 4.69) is 5.32 Å². The quantitative estimate of drug-likeness (QED) is 0.429. The number of amides is 1. The first kappa shape index (κ1) is 28.9. The maximum absolute atomic E-state index is 13.0. The molecule has 1 N–H and O–H groups in total. The Kier molecular flexibility index (Phi) is 9.60. The van der Waals surface area contributed by atoms with Crippen LogP contribution in [0.5, 0.6) is 5.75 Å². The number of sulfonamides is 2. The minimum absolute atomic E-state index is 0.142. The summed E-state index contributed by atoms with van der Waals surface area (Å²) in [7, 11) is -7.23. The molecule has 2 aromatic carbocycles. The monoisotopic (exact) mass is 551 g/mol. The van der Waals surface area contributed by atoms with Gasteiger partial charge in [0.25, 0.3) is 0 Å². The fraction of sp³-hybridized carbons (Fsp3) is 0.500. The van der Waals surface area contributed by atoms with Gasteiger partial charge in [0.1, 0.15) is 18.4 Å². The van der Waals surface area contributed by atoms with E-state index in [1.54, 1.807) is 25.1 Å². The highest BCUT2D eigenvalue weighted by Gasteiger charge is 2.32. The standard InChI is InChI=1S/C26H37N3O6S2/c1-5-24(29(36(4,31)32)25-19-20(2)9-10-21(25)3)26(30)27-15-18-35-22-11-13-23(14-12-22)37(33,34)28-16-7-6-8-17-28/h9-14,19,24H,5-8,15-18H2,1-4H3,(H,27,30)/t24-/m1/s1. The summed E-state index contributed by atoms with van der Waals surface area (Å²) in [4.78, 5) is 13.2. The number of aryl methyl sites for hydroxylation is 2. The number of carbonyl (C=O) groups is 1. The van der Waals surface area contributed by atoms with E-state index in [4.69, 9.17) is 4.74 Å². The van der Waals surface area contributed by atoms with Crippen molar-refractivity contribution in [1.82, 2.24) is 9.62 Å². The molecule has 3 rings (SSSR count). The Morgan fingerprint density at radius 1 is 1.03 bits per heavy atom. The first-order valence-electron chi connectivity index (χ1n) is 12.5. The van der Waals surface area contributed by atoms with Crippen molar-refractivity contribution in [2.75, 3.05) is 36.8 Å². The van der Waals surface area contributed by atoms with Crippen LogP contribution in [0, 0.1) is 13.8 Å². The van der Waals surface area contributed by atoms with Gasteiger partial charge in [-0.1, -0.05) is 25.5 Å². The van der Waals surface area contributed by atoms with Crippen molar-refractivity contribution in [3.8, 4) is 5.75 Å². The molecular weight excluding hydrogens is 514 g/mol. The summed E-state index contributed by atoms with van der Waals surface area (Å²) in [6, 6.07) is 10.8. The van der Waals surface area contributed by atoms with Crippen molar-refractivity contribution in [2.24, 2.45) is 0 Å². The number of anilines is 1. The van der Waals surface area contributed by atoms with Gasteiger partial charge in [-0.3, -0.25) is 9.10 Å². The number of nitrogens with one attached hydrogen (secondary N) is 1. The van der Waals surface area contributed by atoms with Gasteiger partial charge in [0, 0.05) is 13.1 Å². The Morgan fingerprint density at radius 2 is 1.68 bits per heavy atom. The Labute approximate surface area is 220 Å². The van der Waals surface area contributed by atoms with Gasteiger partial charge in [-0.15, -0.1) is 0 Å². The Morgan fingerprint density at radius 3 is 2.27 bits per heavy atom. The van der Waals surface area contributed by atoms with Crippen LogP contribution in [0.15, 0.2) is 47.4 Å². The smallest absolute Gasteiger partial charge is 0.244 e. The summed E-state index contributed by atoms with van der Waals surface area (Å²) in [5.41, 5.74) is 2.14. The van der Waals surface area contributed by atoms with Gasteiger partial charge in [0.15, 0.2) is 0 Å². The zero-order chi connectivity index (χ0) is 27.2. The van der Waals surface area contributed by atoms with Crippen molar-refractivity contribution in [3.63, 3.8) is 0 Å². The van der Waals surface area contributed by atoms with Crippen LogP contribution in [0.25, 0.3) is 0 Å². The van der Waals surface area contributed by atoms with Crippen LogP contribution in [-0.2, 0) is 24.8 Å². The number of benzene rings is 2. The second-order valence-electron chi connectivity index (χ2n) is 9.35. The first-order chi connectivity index (χ1) is 17.4. The molecule has 37 heavy (non-hydrogen) atoms. The zero-order valence-electron chi connectivity index (χ0n) is 21.9. The second-order valence-corrected chi connectivity index (χ2v) is 13.1. The number of carbonyl (C=O) groups excluding carboxylic acids is 1. The number of ether oxygens (including phenoxy) is 1. The number of hydrogen-bond donors (Lipinski definition) is 1. The third-order valence-electron chi connectivity index (χ3n) is 6.38. The molecule has 1 saturated heterocycles. The lowest BCUT2D eigenvalue weighted by atomic mass is 10.1. The lowest BCUT2D eigenvalue weighted by Gasteiger charge is -2.31. The Hall–Kier alpha value is -2.63.